The number of fused-ring (bicyclic) bond motifs is 1. The number of imidazole rings is 1. The van der Waals surface area contributed by atoms with Crippen LogP contribution in [0.15, 0.2) is 54.7 Å². The first-order valence-corrected chi connectivity index (χ1v) is 8.96. The van der Waals surface area contributed by atoms with E-state index < -0.39 is 0 Å². The van der Waals surface area contributed by atoms with Crippen molar-refractivity contribution in [1.29, 1.82) is 0 Å². The van der Waals surface area contributed by atoms with Crippen LogP contribution in [-0.2, 0) is 26.2 Å². The van der Waals surface area contributed by atoms with Gasteiger partial charge in [0.1, 0.15) is 18.2 Å². The molecular formula is C21H23N3O2. The molecule has 0 saturated carbocycles. The zero-order chi connectivity index (χ0) is 17.9. The smallest absolute Gasteiger partial charge is 0.126 e. The zero-order valence-corrected chi connectivity index (χ0v) is 14.6. The van der Waals surface area contributed by atoms with Gasteiger partial charge in [0.2, 0.25) is 0 Å². The van der Waals surface area contributed by atoms with Gasteiger partial charge in [0.05, 0.1) is 18.5 Å². The Kier molecular flexibility index (Phi) is 4.73. The van der Waals surface area contributed by atoms with Crippen molar-refractivity contribution < 1.29 is 9.84 Å². The highest BCUT2D eigenvalue weighted by Crippen LogP contribution is 2.33. The number of hydrogen-bond donors (Lipinski definition) is 2. The SMILES string of the molecule is NC1CCc2ncc(-c3cccc(OCc4ccccc4)c3CO)n2C1. The lowest BCUT2D eigenvalue weighted by molar-refractivity contribution is 0.259. The van der Waals surface area contributed by atoms with E-state index in [1.54, 1.807) is 0 Å². The molecule has 1 atom stereocenters. The molecule has 1 aromatic heterocycles. The number of nitrogens with two attached hydrogens (primary N) is 1. The van der Waals surface area contributed by atoms with Gasteiger partial charge < -0.3 is 20.1 Å². The highest BCUT2D eigenvalue weighted by molar-refractivity contribution is 5.67. The van der Waals surface area contributed by atoms with Crippen LogP contribution in [-0.4, -0.2) is 20.7 Å². The number of aliphatic hydroxyl groups excluding tert-OH is 1. The minimum atomic E-state index is -0.0904. The van der Waals surface area contributed by atoms with Gasteiger partial charge in [-0.05, 0) is 18.1 Å². The van der Waals surface area contributed by atoms with Crippen LogP contribution in [0.25, 0.3) is 11.3 Å². The van der Waals surface area contributed by atoms with Crippen molar-refractivity contribution >= 4 is 0 Å². The predicted molar refractivity (Wildman–Crippen MR) is 101 cm³/mol. The Labute approximate surface area is 153 Å². The van der Waals surface area contributed by atoms with Gasteiger partial charge in [-0.15, -0.1) is 0 Å². The average Bonchev–Trinajstić information content (AvgIpc) is 3.09. The number of ether oxygens (including phenoxy) is 1. The zero-order valence-electron chi connectivity index (χ0n) is 14.6. The van der Waals surface area contributed by atoms with Gasteiger partial charge in [-0.2, -0.15) is 0 Å². The maximum Gasteiger partial charge on any atom is 0.126 e. The van der Waals surface area contributed by atoms with E-state index in [1.165, 1.54) is 0 Å². The monoisotopic (exact) mass is 349 g/mol. The van der Waals surface area contributed by atoms with Crippen LogP contribution in [0.3, 0.4) is 0 Å². The van der Waals surface area contributed by atoms with Crippen LogP contribution in [0.4, 0.5) is 0 Å². The molecule has 3 aromatic rings. The molecule has 5 heteroatoms. The highest BCUT2D eigenvalue weighted by Gasteiger charge is 2.22. The fraction of sp³-hybridized carbons (Fsp3) is 0.286. The van der Waals surface area contributed by atoms with Gasteiger partial charge in [-0.3, -0.25) is 0 Å². The van der Waals surface area contributed by atoms with E-state index in [2.05, 4.69) is 9.55 Å². The molecule has 26 heavy (non-hydrogen) atoms. The summed E-state index contributed by atoms with van der Waals surface area (Å²) in [6, 6.07) is 16.0. The Hall–Kier alpha value is -2.63. The van der Waals surface area contributed by atoms with Crippen LogP contribution >= 0.6 is 0 Å². The minimum Gasteiger partial charge on any atom is -0.489 e. The lowest BCUT2D eigenvalue weighted by atomic mass is 10.0. The first kappa shape index (κ1) is 16.8. The van der Waals surface area contributed by atoms with Crippen molar-refractivity contribution in [2.45, 2.75) is 38.6 Å². The Morgan fingerprint density at radius 1 is 1.15 bits per heavy atom. The summed E-state index contributed by atoms with van der Waals surface area (Å²) >= 11 is 0. The third kappa shape index (κ3) is 3.23. The first-order chi connectivity index (χ1) is 12.8. The van der Waals surface area contributed by atoms with Crippen LogP contribution in [0.1, 0.15) is 23.4 Å². The summed E-state index contributed by atoms with van der Waals surface area (Å²) in [6.07, 6.45) is 3.73. The number of aliphatic hydroxyl groups is 1. The molecular weight excluding hydrogens is 326 g/mol. The summed E-state index contributed by atoms with van der Waals surface area (Å²) in [5.41, 5.74) is 9.96. The summed E-state index contributed by atoms with van der Waals surface area (Å²) in [5.74, 6) is 1.76. The van der Waals surface area contributed by atoms with Gasteiger partial charge in [0, 0.05) is 30.1 Å². The minimum absolute atomic E-state index is 0.0904. The Bertz CT molecular complexity index is 890. The number of aryl methyl sites for hydroxylation is 1. The third-order valence-corrected chi connectivity index (χ3v) is 4.90. The number of hydrogen-bond acceptors (Lipinski definition) is 4. The standard InChI is InChI=1S/C21H23N3O2/c22-16-9-10-21-23-11-19(24(21)12-16)17-7-4-8-20(18(17)13-25)26-14-15-5-2-1-3-6-15/h1-8,11,16,25H,9-10,12-14,22H2. The second-order valence-corrected chi connectivity index (χ2v) is 6.68. The molecule has 134 valence electrons. The normalized spacial score (nSPS) is 16.3. The lowest BCUT2D eigenvalue weighted by Crippen LogP contribution is -2.32. The van der Waals surface area contributed by atoms with E-state index in [0.29, 0.717) is 12.4 Å². The molecule has 2 heterocycles. The van der Waals surface area contributed by atoms with Gasteiger partial charge in [-0.25, -0.2) is 4.98 Å². The van der Waals surface area contributed by atoms with Crippen molar-refractivity contribution in [2.24, 2.45) is 5.73 Å². The molecule has 1 unspecified atom stereocenters. The number of rotatable bonds is 5. The highest BCUT2D eigenvalue weighted by atomic mass is 16.5. The summed E-state index contributed by atoms with van der Waals surface area (Å²) in [5, 5.41) is 10.0. The molecule has 5 nitrogen and oxygen atoms in total. The van der Waals surface area contributed by atoms with E-state index in [-0.39, 0.29) is 12.6 Å². The van der Waals surface area contributed by atoms with E-state index in [0.717, 1.165) is 47.6 Å². The van der Waals surface area contributed by atoms with Crippen molar-refractivity contribution in [2.75, 3.05) is 0 Å². The van der Waals surface area contributed by atoms with Gasteiger partial charge in [-0.1, -0.05) is 42.5 Å². The Morgan fingerprint density at radius 3 is 2.81 bits per heavy atom. The van der Waals surface area contributed by atoms with Gasteiger partial charge >= 0.3 is 0 Å². The quantitative estimate of drug-likeness (QED) is 0.743. The van der Waals surface area contributed by atoms with Crippen molar-refractivity contribution in [3.63, 3.8) is 0 Å². The average molecular weight is 349 g/mol. The van der Waals surface area contributed by atoms with Crippen LogP contribution < -0.4 is 10.5 Å². The second-order valence-electron chi connectivity index (χ2n) is 6.68. The molecule has 0 aliphatic carbocycles. The number of nitrogens with zero attached hydrogens (tertiary/aromatic N) is 2. The largest absolute Gasteiger partial charge is 0.489 e. The maximum atomic E-state index is 10.0. The molecule has 1 aliphatic rings. The van der Waals surface area contributed by atoms with Gasteiger partial charge in [0.15, 0.2) is 0 Å². The van der Waals surface area contributed by atoms with E-state index in [9.17, 15) is 5.11 Å². The van der Waals surface area contributed by atoms with Crippen molar-refractivity contribution in [3.8, 4) is 17.0 Å². The summed E-state index contributed by atoms with van der Waals surface area (Å²) in [6.45, 7) is 1.13. The van der Waals surface area contributed by atoms with Crippen molar-refractivity contribution in [3.05, 3.63) is 71.7 Å². The predicted octanol–water partition coefficient (Wildman–Crippen LogP) is 2.89. The van der Waals surface area contributed by atoms with Crippen LogP contribution in [0.2, 0.25) is 0 Å². The topological polar surface area (TPSA) is 73.3 Å². The van der Waals surface area contributed by atoms with Gasteiger partial charge in [0.25, 0.3) is 0 Å². The van der Waals surface area contributed by atoms with E-state index in [1.807, 2.05) is 54.7 Å². The first-order valence-electron chi connectivity index (χ1n) is 8.96. The Balaban J connectivity index is 1.66. The molecule has 0 spiro atoms. The lowest BCUT2D eigenvalue weighted by Gasteiger charge is -2.23. The van der Waals surface area contributed by atoms with Crippen molar-refractivity contribution in [1.82, 2.24) is 9.55 Å². The molecule has 1 aliphatic heterocycles. The number of aromatic nitrogens is 2. The second kappa shape index (κ2) is 7.32. The fourth-order valence-electron chi connectivity index (χ4n) is 3.51. The molecule has 0 fully saturated rings. The molecule has 0 saturated heterocycles. The van der Waals surface area contributed by atoms with E-state index >= 15 is 0 Å². The molecule has 0 amide bonds. The summed E-state index contributed by atoms with van der Waals surface area (Å²) in [7, 11) is 0. The fourth-order valence-corrected chi connectivity index (χ4v) is 3.51. The van der Waals surface area contributed by atoms with Crippen LogP contribution in [0, 0.1) is 0 Å². The molecule has 2 aromatic carbocycles. The van der Waals surface area contributed by atoms with E-state index in [4.69, 9.17) is 10.5 Å². The maximum absolute atomic E-state index is 10.0. The third-order valence-electron chi connectivity index (χ3n) is 4.90. The summed E-state index contributed by atoms with van der Waals surface area (Å²) < 4.78 is 8.17. The van der Waals surface area contributed by atoms with Crippen LogP contribution in [0.5, 0.6) is 5.75 Å². The molecule has 0 bridgehead atoms. The molecule has 0 radical (unpaired) electrons. The molecule has 3 N–H and O–H groups in total. The number of benzene rings is 2. The summed E-state index contributed by atoms with van der Waals surface area (Å²) in [4.78, 5) is 4.55. The Morgan fingerprint density at radius 2 is 2.00 bits per heavy atom. The molecule has 4 rings (SSSR count).